The lowest BCUT2D eigenvalue weighted by Crippen LogP contribution is -2.41. The number of hydrogen-bond donors (Lipinski definition) is 2. The third-order valence-corrected chi connectivity index (χ3v) is 3.12. The Hall–Kier alpha value is -1.72. The van der Waals surface area contributed by atoms with Crippen LogP contribution in [0.25, 0.3) is 0 Å². The van der Waals surface area contributed by atoms with Crippen LogP contribution in [0.15, 0.2) is 11.2 Å². The highest BCUT2D eigenvalue weighted by Crippen LogP contribution is 2.10. The number of hydrogen-bond acceptors (Lipinski definition) is 3. The quantitative estimate of drug-likeness (QED) is 0.615. The van der Waals surface area contributed by atoms with Gasteiger partial charge in [-0.2, -0.15) is 0 Å². The van der Waals surface area contributed by atoms with Gasteiger partial charge < -0.3 is 20.1 Å². The minimum atomic E-state index is 0.412. The zero-order valence-electron chi connectivity index (χ0n) is 12.9. The summed E-state index contributed by atoms with van der Waals surface area (Å²) >= 11 is 0. The van der Waals surface area contributed by atoms with Gasteiger partial charge in [-0.15, -0.1) is 0 Å². The maximum atomic E-state index is 4.38. The maximum Gasteiger partial charge on any atom is 0.204 e. The number of aliphatic imine (C=N–C) groups is 1. The lowest BCUT2D eigenvalue weighted by atomic mass is 10.3. The van der Waals surface area contributed by atoms with Crippen LogP contribution in [0.1, 0.15) is 26.0 Å². The molecule has 0 bridgehead atoms. The van der Waals surface area contributed by atoms with E-state index >= 15 is 0 Å². The van der Waals surface area contributed by atoms with E-state index in [4.69, 9.17) is 0 Å². The summed E-state index contributed by atoms with van der Waals surface area (Å²) in [5.41, 5.74) is 1.12. The molecule has 1 atom stereocenters. The molecular weight excluding hydrogens is 240 g/mol. The van der Waals surface area contributed by atoms with Crippen LogP contribution in [-0.4, -0.2) is 42.7 Å². The Bertz CT molecular complexity index is 421. The zero-order chi connectivity index (χ0) is 14.4. The molecular formula is C13H26N6. The van der Waals surface area contributed by atoms with E-state index in [1.807, 2.05) is 32.2 Å². The van der Waals surface area contributed by atoms with Crippen LogP contribution in [0.2, 0.25) is 0 Å². The summed E-state index contributed by atoms with van der Waals surface area (Å²) in [6, 6.07) is 0.412. The van der Waals surface area contributed by atoms with Gasteiger partial charge in [-0.1, -0.05) is 6.92 Å². The first-order valence-corrected chi connectivity index (χ1v) is 6.64. The summed E-state index contributed by atoms with van der Waals surface area (Å²) in [4.78, 5) is 10.6. The van der Waals surface area contributed by atoms with Gasteiger partial charge in [0, 0.05) is 34.2 Å². The first-order chi connectivity index (χ1) is 8.99. The van der Waals surface area contributed by atoms with E-state index in [1.165, 1.54) is 0 Å². The number of imidazole rings is 1. The highest BCUT2D eigenvalue weighted by molar-refractivity contribution is 5.79. The molecule has 0 amide bonds. The van der Waals surface area contributed by atoms with Crippen molar-refractivity contribution in [3.05, 3.63) is 11.9 Å². The maximum absolute atomic E-state index is 4.38. The molecule has 2 N–H and O–H groups in total. The van der Waals surface area contributed by atoms with Crippen LogP contribution in [0.3, 0.4) is 0 Å². The molecule has 0 aliphatic carbocycles. The Morgan fingerprint density at radius 1 is 1.53 bits per heavy atom. The van der Waals surface area contributed by atoms with Crippen LogP contribution >= 0.6 is 0 Å². The molecule has 1 aromatic rings. The minimum absolute atomic E-state index is 0.412. The minimum Gasteiger partial charge on any atom is -0.354 e. The molecule has 0 fully saturated rings. The Labute approximate surface area is 115 Å². The van der Waals surface area contributed by atoms with E-state index in [0.29, 0.717) is 12.6 Å². The number of nitrogens with zero attached hydrogens (tertiary/aromatic N) is 4. The van der Waals surface area contributed by atoms with Crippen molar-refractivity contribution in [3.63, 3.8) is 0 Å². The smallest absolute Gasteiger partial charge is 0.204 e. The van der Waals surface area contributed by atoms with Crippen molar-refractivity contribution in [1.82, 2.24) is 20.2 Å². The summed E-state index contributed by atoms with van der Waals surface area (Å²) < 4.78 is 2.07. The Morgan fingerprint density at radius 3 is 2.68 bits per heavy atom. The van der Waals surface area contributed by atoms with Crippen LogP contribution in [0, 0.1) is 0 Å². The second-order valence-electron chi connectivity index (χ2n) is 4.88. The molecule has 1 aromatic heterocycles. The number of anilines is 1. The first kappa shape index (κ1) is 15.3. The van der Waals surface area contributed by atoms with Gasteiger partial charge in [0.1, 0.15) is 0 Å². The fourth-order valence-corrected chi connectivity index (χ4v) is 1.72. The topological polar surface area (TPSA) is 57.5 Å². The predicted molar refractivity (Wildman–Crippen MR) is 80.6 cm³/mol. The monoisotopic (exact) mass is 266 g/mol. The van der Waals surface area contributed by atoms with Gasteiger partial charge in [-0.25, -0.2) is 4.98 Å². The lowest BCUT2D eigenvalue weighted by molar-refractivity contribution is 0.621. The molecule has 1 unspecified atom stereocenters. The number of rotatable bonds is 5. The lowest BCUT2D eigenvalue weighted by Gasteiger charge is -2.17. The second-order valence-corrected chi connectivity index (χ2v) is 4.88. The number of nitrogens with one attached hydrogen (secondary N) is 2. The van der Waals surface area contributed by atoms with Gasteiger partial charge in [0.05, 0.1) is 18.4 Å². The van der Waals surface area contributed by atoms with Crippen LogP contribution in [0.4, 0.5) is 5.95 Å². The van der Waals surface area contributed by atoms with Crippen molar-refractivity contribution in [1.29, 1.82) is 0 Å². The molecule has 6 nitrogen and oxygen atoms in total. The first-order valence-electron chi connectivity index (χ1n) is 6.64. The number of guanidine groups is 1. The fourth-order valence-electron chi connectivity index (χ4n) is 1.72. The molecule has 0 aromatic carbocycles. The molecule has 0 saturated carbocycles. The molecule has 1 rings (SSSR count). The van der Waals surface area contributed by atoms with Crippen molar-refractivity contribution in [2.24, 2.45) is 12.0 Å². The standard InChI is InChI=1S/C13H26N6/c1-7-10(2)17-12(14-3)15-8-11-9-16-13(18(4)5)19(11)6/h9-10H,7-8H2,1-6H3,(H2,14,15,17). The fraction of sp³-hybridized carbons (Fsp3) is 0.692. The van der Waals surface area contributed by atoms with E-state index in [2.05, 4.69) is 39.0 Å². The average Bonchev–Trinajstić information content (AvgIpc) is 2.75. The SMILES string of the molecule is CCC(C)NC(=NC)NCc1cnc(N(C)C)n1C. The Balaban J connectivity index is 2.61. The molecule has 0 radical (unpaired) electrons. The molecule has 0 aliphatic rings. The Kier molecular flexibility index (Phi) is 5.66. The normalized spacial score (nSPS) is 13.3. The van der Waals surface area contributed by atoms with Crippen molar-refractivity contribution in [2.75, 3.05) is 26.0 Å². The summed E-state index contributed by atoms with van der Waals surface area (Å²) in [5, 5.41) is 6.64. The Morgan fingerprint density at radius 2 is 2.21 bits per heavy atom. The summed E-state index contributed by atoms with van der Waals surface area (Å²) in [6.45, 7) is 4.99. The van der Waals surface area contributed by atoms with E-state index in [1.54, 1.807) is 7.05 Å². The summed E-state index contributed by atoms with van der Waals surface area (Å²) in [7, 11) is 7.78. The third-order valence-electron chi connectivity index (χ3n) is 3.12. The van der Waals surface area contributed by atoms with Crippen LogP contribution in [-0.2, 0) is 13.6 Å². The second kappa shape index (κ2) is 7.01. The van der Waals surface area contributed by atoms with Crippen LogP contribution < -0.4 is 15.5 Å². The molecule has 0 saturated heterocycles. The van der Waals surface area contributed by atoms with Gasteiger partial charge in [-0.3, -0.25) is 4.99 Å². The van der Waals surface area contributed by atoms with E-state index in [0.717, 1.165) is 24.0 Å². The number of aromatic nitrogens is 2. The van der Waals surface area contributed by atoms with Gasteiger partial charge >= 0.3 is 0 Å². The van der Waals surface area contributed by atoms with Gasteiger partial charge in [0.15, 0.2) is 5.96 Å². The van der Waals surface area contributed by atoms with E-state index < -0.39 is 0 Å². The van der Waals surface area contributed by atoms with Crippen molar-refractivity contribution >= 4 is 11.9 Å². The van der Waals surface area contributed by atoms with Gasteiger partial charge in [0.2, 0.25) is 5.95 Å². The average molecular weight is 266 g/mol. The zero-order valence-corrected chi connectivity index (χ0v) is 12.9. The third kappa shape index (κ3) is 4.15. The molecule has 19 heavy (non-hydrogen) atoms. The highest BCUT2D eigenvalue weighted by atomic mass is 15.3. The molecule has 6 heteroatoms. The highest BCUT2D eigenvalue weighted by Gasteiger charge is 2.09. The molecule has 108 valence electrons. The van der Waals surface area contributed by atoms with Gasteiger partial charge in [0.25, 0.3) is 0 Å². The van der Waals surface area contributed by atoms with E-state index in [9.17, 15) is 0 Å². The summed E-state index contributed by atoms with van der Waals surface area (Å²) in [5.74, 6) is 1.77. The van der Waals surface area contributed by atoms with Crippen LogP contribution in [0.5, 0.6) is 0 Å². The largest absolute Gasteiger partial charge is 0.354 e. The molecule has 1 heterocycles. The molecule has 0 spiro atoms. The van der Waals surface area contributed by atoms with E-state index in [-0.39, 0.29) is 0 Å². The summed E-state index contributed by atoms with van der Waals surface area (Å²) in [6.07, 6.45) is 2.95. The van der Waals surface area contributed by atoms with Gasteiger partial charge in [-0.05, 0) is 13.3 Å². The van der Waals surface area contributed by atoms with Crippen molar-refractivity contribution in [3.8, 4) is 0 Å². The van der Waals surface area contributed by atoms with Crippen molar-refractivity contribution < 1.29 is 0 Å². The predicted octanol–water partition coefficient (Wildman–Crippen LogP) is 0.950. The van der Waals surface area contributed by atoms with Crippen molar-refractivity contribution in [2.45, 2.75) is 32.9 Å². The molecule has 0 aliphatic heterocycles.